The highest BCUT2D eigenvalue weighted by molar-refractivity contribution is 7.09. The van der Waals surface area contributed by atoms with E-state index in [0.29, 0.717) is 18.1 Å². The quantitative estimate of drug-likeness (QED) is 0.850. The second kappa shape index (κ2) is 7.79. The lowest BCUT2D eigenvalue weighted by Crippen LogP contribution is -2.36. The Balaban J connectivity index is 1.72. The minimum Gasteiger partial charge on any atom is -0.338 e. The topological polar surface area (TPSA) is 54.0 Å². The van der Waals surface area contributed by atoms with Crippen molar-refractivity contribution in [1.29, 1.82) is 0 Å². The summed E-state index contributed by atoms with van der Waals surface area (Å²) in [6.07, 6.45) is 0.749. The largest absolute Gasteiger partial charge is 0.338 e. The molecule has 1 heterocycles. The predicted octanol–water partition coefficient (Wildman–Crippen LogP) is 4.14. The lowest BCUT2D eigenvalue weighted by atomic mass is 9.98. The van der Waals surface area contributed by atoms with E-state index in [-0.39, 0.29) is 11.4 Å². The summed E-state index contributed by atoms with van der Waals surface area (Å²) in [4.78, 5) is 16.4. The van der Waals surface area contributed by atoms with Gasteiger partial charge in [0.25, 0.3) is 0 Å². The van der Waals surface area contributed by atoms with Crippen LogP contribution in [0.15, 0.2) is 29.6 Å². The zero-order valence-corrected chi connectivity index (χ0v) is 15.2. The average molecular weight is 352 g/mol. The van der Waals surface area contributed by atoms with Gasteiger partial charge in [0.1, 0.15) is 0 Å². The van der Waals surface area contributed by atoms with Crippen molar-refractivity contribution >= 4 is 29.0 Å². The Morgan fingerprint density at radius 2 is 2.09 bits per heavy atom. The van der Waals surface area contributed by atoms with E-state index in [1.165, 1.54) is 0 Å². The highest BCUT2D eigenvalue weighted by Crippen LogP contribution is 2.25. The standard InChI is InChI=1S/C17H22ClN3OS/c1-17(2,3)15-21-14(11-23-15)10-20-16(22)19-8-7-12-5-4-6-13(18)9-12/h4-6,9,11H,7-8,10H2,1-3H3,(H2,19,20,22). The molecule has 0 radical (unpaired) electrons. The average Bonchev–Trinajstić information content (AvgIpc) is 2.94. The number of benzene rings is 1. The molecule has 2 aromatic rings. The first-order valence-electron chi connectivity index (χ1n) is 7.55. The van der Waals surface area contributed by atoms with E-state index in [2.05, 4.69) is 36.4 Å². The summed E-state index contributed by atoms with van der Waals surface area (Å²) < 4.78 is 0. The number of urea groups is 1. The van der Waals surface area contributed by atoms with Gasteiger partial charge in [-0.25, -0.2) is 9.78 Å². The van der Waals surface area contributed by atoms with E-state index in [1.807, 2.05) is 29.6 Å². The van der Waals surface area contributed by atoms with Gasteiger partial charge in [0.2, 0.25) is 0 Å². The van der Waals surface area contributed by atoms with Gasteiger partial charge in [-0.2, -0.15) is 0 Å². The molecule has 0 unspecified atom stereocenters. The number of amides is 2. The maximum absolute atomic E-state index is 11.8. The number of hydrogen-bond acceptors (Lipinski definition) is 3. The molecule has 4 nitrogen and oxygen atoms in total. The summed E-state index contributed by atoms with van der Waals surface area (Å²) in [5.74, 6) is 0. The van der Waals surface area contributed by atoms with Gasteiger partial charge in [0, 0.05) is 22.4 Å². The normalized spacial score (nSPS) is 11.3. The molecule has 23 heavy (non-hydrogen) atoms. The third-order valence-electron chi connectivity index (χ3n) is 3.21. The molecule has 6 heteroatoms. The molecule has 2 amide bonds. The van der Waals surface area contributed by atoms with Gasteiger partial charge in [-0.3, -0.25) is 0 Å². The number of rotatable bonds is 5. The number of nitrogens with zero attached hydrogens (tertiary/aromatic N) is 1. The van der Waals surface area contributed by atoms with Crippen LogP contribution in [0, 0.1) is 0 Å². The fraction of sp³-hybridized carbons (Fsp3) is 0.412. The minimum atomic E-state index is -0.183. The van der Waals surface area contributed by atoms with Crippen LogP contribution in [0.3, 0.4) is 0 Å². The maximum atomic E-state index is 11.8. The number of thiazole rings is 1. The van der Waals surface area contributed by atoms with Crippen molar-refractivity contribution in [2.45, 2.75) is 39.2 Å². The van der Waals surface area contributed by atoms with Crippen LogP contribution in [0.5, 0.6) is 0 Å². The molecule has 0 bridgehead atoms. The molecule has 0 atom stereocenters. The van der Waals surface area contributed by atoms with Crippen molar-refractivity contribution in [2.75, 3.05) is 6.54 Å². The van der Waals surface area contributed by atoms with Crippen LogP contribution < -0.4 is 10.6 Å². The van der Waals surface area contributed by atoms with Crippen molar-refractivity contribution in [1.82, 2.24) is 15.6 Å². The van der Waals surface area contributed by atoms with Gasteiger partial charge in [-0.15, -0.1) is 11.3 Å². The number of nitrogens with one attached hydrogen (secondary N) is 2. The molecule has 2 rings (SSSR count). The molecule has 0 fully saturated rings. The van der Waals surface area contributed by atoms with Crippen LogP contribution in [0.1, 0.15) is 37.0 Å². The fourth-order valence-electron chi connectivity index (χ4n) is 1.98. The Kier molecular flexibility index (Phi) is 6.02. The van der Waals surface area contributed by atoms with Gasteiger partial charge in [0.15, 0.2) is 0 Å². The second-order valence-electron chi connectivity index (χ2n) is 6.38. The van der Waals surface area contributed by atoms with E-state index < -0.39 is 0 Å². The van der Waals surface area contributed by atoms with Gasteiger partial charge in [-0.1, -0.05) is 44.5 Å². The molecule has 1 aromatic heterocycles. The second-order valence-corrected chi connectivity index (χ2v) is 7.68. The third kappa shape index (κ3) is 5.84. The van der Waals surface area contributed by atoms with Gasteiger partial charge in [-0.05, 0) is 24.1 Å². The molecular weight excluding hydrogens is 330 g/mol. The van der Waals surface area contributed by atoms with E-state index in [9.17, 15) is 4.79 Å². The molecule has 1 aromatic carbocycles. The molecule has 0 aliphatic heterocycles. The van der Waals surface area contributed by atoms with Gasteiger partial charge < -0.3 is 10.6 Å². The zero-order chi connectivity index (χ0) is 16.9. The molecule has 0 spiro atoms. The number of carbonyl (C=O) groups is 1. The lowest BCUT2D eigenvalue weighted by Gasteiger charge is -2.13. The SMILES string of the molecule is CC(C)(C)c1nc(CNC(=O)NCCc2cccc(Cl)c2)cs1. The lowest BCUT2D eigenvalue weighted by molar-refractivity contribution is 0.240. The Labute approximate surface area is 146 Å². The van der Waals surface area contributed by atoms with Crippen LogP contribution in [-0.2, 0) is 18.4 Å². The Morgan fingerprint density at radius 1 is 1.30 bits per heavy atom. The van der Waals surface area contributed by atoms with Crippen molar-refractivity contribution in [2.24, 2.45) is 0 Å². The van der Waals surface area contributed by atoms with Gasteiger partial charge in [0.05, 0.1) is 17.2 Å². The zero-order valence-electron chi connectivity index (χ0n) is 13.6. The van der Waals surface area contributed by atoms with Crippen LogP contribution in [-0.4, -0.2) is 17.6 Å². The van der Waals surface area contributed by atoms with Crippen LogP contribution in [0.25, 0.3) is 0 Å². The molecule has 2 N–H and O–H groups in total. The molecular formula is C17H22ClN3OS. The minimum absolute atomic E-state index is 0.0438. The summed E-state index contributed by atoms with van der Waals surface area (Å²) in [5, 5.41) is 9.46. The van der Waals surface area contributed by atoms with E-state index in [4.69, 9.17) is 11.6 Å². The highest BCUT2D eigenvalue weighted by atomic mass is 35.5. The molecule has 0 aliphatic carbocycles. The maximum Gasteiger partial charge on any atom is 0.315 e. The molecule has 0 aliphatic rings. The van der Waals surface area contributed by atoms with E-state index in [0.717, 1.165) is 22.7 Å². The van der Waals surface area contributed by atoms with Crippen molar-refractivity contribution in [3.05, 3.63) is 50.9 Å². The van der Waals surface area contributed by atoms with Crippen molar-refractivity contribution < 1.29 is 4.79 Å². The highest BCUT2D eigenvalue weighted by Gasteiger charge is 2.17. The predicted molar refractivity (Wildman–Crippen MR) is 96.2 cm³/mol. The number of carbonyl (C=O) groups excluding carboxylic acids is 1. The molecule has 0 saturated carbocycles. The Hall–Kier alpha value is -1.59. The van der Waals surface area contributed by atoms with Crippen LogP contribution >= 0.6 is 22.9 Å². The van der Waals surface area contributed by atoms with Gasteiger partial charge >= 0.3 is 6.03 Å². The van der Waals surface area contributed by atoms with Crippen molar-refractivity contribution in [3.63, 3.8) is 0 Å². The first kappa shape index (κ1) is 17.8. The first-order chi connectivity index (χ1) is 10.8. The molecule has 124 valence electrons. The Bertz CT molecular complexity index is 664. The first-order valence-corrected chi connectivity index (χ1v) is 8.81. The summed E-state index contributed by atoms with van der Waals surface area (Å²) in [6.45, 7) is 7.40. The number of halogens is 1. The van der Waals surface area contributed by atoms with Crippen LogP contribution in [0.2, 0.25) is 5.02 Å². The third-order valence-corrected chi connectivity index (χ3v) is 4.76. The smallest absolute Gasteiger partial charge is 0.315 e. The number of aromatic nitrogens is 1. The summed E-state index contributed by atoms with van der Waals surface area (Å²) in [7, 11) is 0. The van der Waals surface area contributed by atoms with Crippen molar-refractivity contribution in [3.8, 4) is 0 Å². The Morgan fingerprint density at radius 3 is 2.74 bits per heavy atom. The summed E-state index contributed by atoms with van der Waals surface area (Å²) >= 11 is 7.56. The number of hydrogen-bond donors (Lipinski definition) is 2. The molecule has 0 saturated heterocycles. The van der Waals surface area contributed by atoms with E-state index >= 15 is 0 Å². The summed E-state index contributed by atoms with van der Waals surface area (Å²) in [5.41, 5.74) is 2.04. The van der Waals surface area contributed by atoms with E-state index in [1.54, 1.807) is 11.3 Å². The summed E-state index contributed by atoms with van der Waals surface area (Å²) in [6, 6.07) is 7.47. The monoisotopic (exact) mass is 351 g/mol. The fourth-order valence-corrected chi connectivity index (χ4v) is 3.10. The van der Waals surface area contributed by atoms with Crippen LogP contribution in [0.4, 0.5) is 4.79 Å².